The second-order valence-electron chi connectivity index (χ2n) is 5.14. The fraction of sp³-hybridized carbons (Fsp3) is 0.158. The fourth-order valence-electron chi connectivity index (χ4n) is 2.01. The van der Waals surface area contributed by atoms with Crippen molar-refractivity contribution in [3.8, 4) is 5.75 Å². The van der Waals surface area contributed by atoms with Crippen LogP contribution in [0.1, 0.15) is 11.1 Å². The van der Waals surface area contributed by atoms with Gasteiger partial charge < -0.3 is 14.8 Å². The van der Waals surface area contributed by atoms with Crippen LogP contribution in [0.4, 0.5) is 5.69 Å². The molecule has 124 valence electrons. The maximum absolute atomic E-state index is 11.8. The molecule has 0 radical (unpaired) electrons. The summed E-state index contributed by atoms with van der Waals surface area (Å²) in [5.74, 6) is -0.274. The van der Waals surface area contributed by atoms with Crippen LogP contribution in [0.5, 0.6) is 5.75 Å². The third-order valence-electron chi connectivity index (χ3n) is 3.15. The van der Waals surface area contributed by atoms with Gasteiger partial charge in [0.05, 0.1) is 7.11 Å². The van der Waals surface area contributed by atoms with Crippen LogP contribution in [0.25, 0.3) is 6.08 Å². The lowest BCUT2D eigenvalue weighted by molar-refractivity contribution is -0.142. The SMILES string of the molecule is COc1cccc(C=CC(=O)OCC(=O)Nc2cccc(C)c2)c1. The van der Waals surface area contributed by atoms with Gasteiger partial charge >= 0.3 is 5.97 Å². The van der Waals surface area contributed by atoms with E-state index in [4.69, 9.17) is 9.47 Å². The fourth-order valence-corrected chi connectivity index (χ4v) is 2.01. The molecule has 2 aromatic rings. The lowest BCUT2D eigenvalue weighted by Crippen LogP contribution is -2.20. The number of aryl methyl sites for hydroxylation is 1. The van der Waals surface area contributed by atoms with Crippen LogP contribution in [-0.2, 0) is 14.3 Å². The highest BCUT2D eigenvalue weighted by Crippen LogP contribution is 2.13. The summed E-state index contributed by atoms with van der Waals surface area (Å²) in [6.45, 7) is 1.59. The Bertz CT molecular complexity index is 753. The van der Waals surface area contributed by atoms with Gasteiger partial charge in [-0.25, -0.2) is 4.79 Å². The first-order valence-electron chi connectivity index (χ1n) is 7.42. The molecule has 0 aromatic heterocycles. The van der Waals surface area contributed by atoms with Crippen LogP contribution < -0.4 is 10.1 Å². The third-order valence-corrected chi connectivity index (χ3v) is 3.15. The quantitative estimate of drug-likeness (QED) is 0.654. The summed E-state index contributed by atoms with van der Waals surface area (Å²) in [6, 6.07) is 14.6. The molecule has 0 aliphatic carbocycles. The Morgan fingerprint density at radius 3 is 2.67 bits per heavy atom. The second kappa shape index (κ2) is 8.53. The van der Waals surface area contributed by atoms with E-state index in [0.29, 0.717) is 11.4 Å². The van der Waals surface area contributed by atoms with Gasteiger partial charge in [-0.3, -0.25) is 4.79 Å². The number of anilines is 1. The summed E-state index contributed by atoms with van der Waals surface area (Å²) < 4.78 is 10.0. The first-order valence-corrected chi connectivity index (χ1v) is 7.42. The largest absolute Gasteiger partial charge is 0.497 e. The molecule has 5 nitrogen and oxygen atoms in total. The molecule has 0 fully saturated rings. The van der Waals surface area contributed by atoms with E-state index in [2.05, 4.69) is 5.32 Å². The summed E-state index contributed by atoms with van der Waals surface area (Å²) in [4.78, 5) is 23.4. The maximum atomic E-state index is 11.8. The first kappa shape index (κ1) is 17.3. The number of methoxy groups -OCH3 is 1. The zero-order valence-electron chi connectivity index (χ0n) is 13.6. The average molecular weight is 325 g/mol. The number of hydrogen-bond donors (Lipinski definition) is 1. The van der Waals surface area contributed by atoms with Gasteiger partial charge in [-0.1, -0.05) is 24.3 Å². The Kier molecular flexibility index (Phi) is 6.14. The lowest BCUT2D eigenvalue weighted by Gasteiger charge is -2.06. The smallest absolute Gasteiger partial charge is 0.331 e. The van der Waals surface area contributed by atoms with E-state index in [1.165, 1.54) is 6.08 Å². The maximum Gasteiger partial charge on any atom is 0.331 e. The van der Waals surface area contributed by atoms with Crippen molar-refractivity contribution < 1.29 is 19.1 Å². The Labute approximate surface area is 140 Å². The second-order valence-corrected chi connectivity index (χ2v) is 5.14. The minimum absolute atomic E-state index is 0.338. The molecular formula is C19H19NO4. The van der Waals surface area contributed by atoms with Crippen LogP contribution in [0.3, 0.4) is 0 Å². The van der Waals surface area contributed by atoms with Gasteiger partial charge in [0, 0.05) is 11.8 Å². The molecule has 0 unspecified atom stereocenters. The molecule has 0 spiro atoms. The number of nitrogens with one attached hydrogen (secondary N) is 1. The van der Waals surface area contributed by atoms with Crippen molar-refractivity contribution in [3.63, 3.8) is 0 Å². The number of amides is 1. The Morgan fingerprint density at radius 2 is 1.92 bits per heavy atom. The number of carbonyl (C=O) groups is 2. The minimum Gasteiger partial charge on any atom is -0.497 e. The topological polar surface area (TPSA) is 64.6 Å². The number of rotatable bonds is 6. The van der Waals surface area contributed by atoms with Crippen LogP contribution in [0, 0.1) is 6.92 Å². The molecule has 2 rings (SSSR count). The number of benzene rings is 2. The molecule has 0 atom stereocenters. The summed E-state index contributed by atoms with van der Waals surface area (Å²) in [5, 5.41) is 2.67. The van der Waals surface area contributed by atoms with Crippen LogP contribution >= 0.6 is 0 Å². The molecule has 2 aromatic carbocycles. The van der Waals surface area contributed by atoms with Crippen molar-refractivity contribution in [2.75, 3.05) is 19.0 Å². The van der Waals surface area contributed by atoms with Crippen molar-refractivity contribution in [1.82, 2.24) is 0 Å². The highest BCUT2D eigenvalue weighted by molar-refractivity contribution is 5.94. The van der Waals surface area contributed by atoms with Crippen LogP contribution in [0.2, 0.25) is 0 Å². The van der Waals surface area contributed by atoms with E-state index in [9.17, 15) is 9.59 Å². The normalized spacial score (nSPS) is 10.4. The summed E-state index contributed by atoms with van der Waals surface area (Å²) >= 11 is 0. The highest BCUT2D eigenvalue weighted by atomic mass is 16.5. The van der Waals surface area contributed by atoms with Crippen molar-refractivity contribution in [2.24, 2.45) is 0 Å². The first-order chi connectivity index (χ1) is 11.6. The monoisotopic (exact) mass is 325 g/mol. The van der Waals surface area contributed by atoms with Gasteiger partial charge in [-0.15, -0.1) is 0 Å². The summed E-state index contributed by atoms with van der Waals surface area (Å²) in [7, 11) is 1.57. The van der Waals surface area contributed by atoms with E-state index in [0.717, 1.165) is 11.1 Å². The molecule has 0 saturated heterocycles. The predicted octanol–water partition coefficient (Wildman–Crippen LogP) is 3.20. The Balaban J connectivity index is 1.81. The van der Waals surface area contributed by atoms with Crippen molar-refractivity contribution in [1.29, 1.82) is 0 Å². The number of hydrogen-bond acceptors (Lipinski definition) is 4. The molecule has 5 heteroatoms. The van der Waals surface area contributed by atoms with Gasteiger partial charge in [-0.2, -0.15) is 0 Å². The van der Waals surface area contributed by atoms with Gasteiger partial charge in [0.15, 0.2) is 6.61 Å². The molecule has 0 bridgehead atoms. The molecule has 24 heavy (non-hydrogen) atoms. The van der Waals surface area contributed by atoms with Crippen molar-refractivity contribution in [2.45, 2.75) is 6.92 Å². The summed E-state index contributed by atoms with van der Waals surface area (Å²) in [5.41, 5.74) is 2.50. The zero-order valence-corrected chi connectivity index (χ0v) is 13.6. The van der Waals surface area contributed by atoms with Gasteiger partial charge in [0.1, 0.15) is 5.75 Å². The number of esters is 1. The average Bonchev–Trinajstić information content (AvgIpc) is 2.58. The van der Waals surface area contributed by atoms with E-state index < -0.39 is 5.97 Å². The lowest BCUT2D eigenvalue weighted by atomic mass is 10.2. The van der Waals surface area contributed by atoms with Gasteiger partial charge in [0.25, 0.3) is 5.91 Å². The molecule has 0 saturated carbocycles. The molecule has 0 aliphatic heterocycles. The standard InChI is InChI=1S/C19H19NO4/c1-14-5-3-7-16(11-14)20-18(21)13-24-19(22)10-9-15-6-4-8-17(12-15)23-2/h3-12H,13H2,1-2H3,(H,20,21). The van der Waals surface area contributed by atoms with E-state index in [-0.39, 0.29) is 12.5 Å². The molecule has 1 N–H and O–H groups in total. The van der Waals surface area contributed by atoms with E-state index >= 15 is 0 Å². The molecular weight excluding hydrogens is 306 g/mol. The number of carbonyl (C=O) groups excluding carboxylic acids is 2. The molecule has 0 heterocycles. The Hall–Kier alpha value is -3.08. The van der Waals surface area contributed by atoms with Gasteiger partial charge in [0.2, 0.25) is 0 Å². The van der Waals surface area contributed by atoms with E-state index in [1.54, 1.807) is 25.3 Å². The van der Waals surface area contributed by atoms with E-state index in [1.807, 2.05) is 43.3 Å². The van der Waals surface area contributed by atoms with Gasteiger partial charge in [-0.05, 0) is 48.4 Å². The highest BCUT2D eigenvalue weighted by Gasteiger charge is 2.05. The molecule has 0 aliphatic rings. The van der Waals surface area contributed by atoms with Crippen molar-refractivity contribution >= 4 is 23.6 Å². The molecule has 1 amide bonds. The minimum atomic E-state index is -0.586. The summed E-state index contributed by atoms with van der Waals surface area (Å²) in [6.07, 6.45) is 2.87. The zero-order chi connectivity index (χ0) is 17.4. The third kappa shape index (κ3) is 5.61. The van der Waals surface area contributed by atoms with Crippen LogP contribution in [0.15, 0.2) is 54.6 Å². The number of ether oxygens (including phenoxy) is 2. The Morgan fingerprint density at radius 1 is 1.12 bits per heavy atom. The van der Waals surface area contributed by atoms with Crippen LogP contribution in [-0.4, -0.2) is 25.6 Å². The van der Waals surface area contributed by atoms with Crippen molar-refractivity contribution in [3.05, 3.63) is 65.7 Å². The predicted molar refractivity (Wildman–Crippen MR) is 92.8 cm³/mol.